The maximum Gasteiger partial charge on any atom is 0.147 e. The molecule has 1 fully saturated rings. The van der Waals surface area contributed by atoms with Crippen molar-refractivity contribution in [1.82, 2.24) is 34.9 Å². The fourth-order valence-electron chi connectivity index (χ4n) is 4.13. The van der Waals surface area contributed by atoms with Gasteiger partial charge in [-0.15, -0.1) is 5.10 Å². The molecule has 4 aromatic rings. The molecule has 0 saturated carbocycles. The molecule has 2 N–H and O–H groups in total. The maximum absolute atomic E-state index is 13.1. The van der Waals surface area contributed by atoms with Crippen molar-refractivity contribution in [3.63, 3.8) is 0 Å². The van der Waals surface area contributed by atoms with E-state index >= 15 is 0 Å². The summed E-state index contributed by atoms with van der Waals surface area (Å²) in [5.74, 6) is -0.0350. The Bertz CT molecular complexity index is 1270. The smallest absolute Gasteiger partial charge is 0.147 e. The van der Waals surface area contributed by atoms with Gasteiger partial charge in [-0.05, 0) is 51.1 Å². The second-order valence-electron chi connectivity index (χ2n) is 8.06. The molecule has 1 aliphatic rings. The molecule has 1 aliphatic heterocycles. The Morgan fingerprint density at radius 1 is 1.30 bits per heavy atom. The van der Waals surface area contributed by atoms with Crippen molar-refractivity contribution < 1.29 is 14.2 Å². The number of nitrogens with zero attached hydrogens (tertiary/aromatic N) is 6. The first-order valence-electron chi connectivity index (χ1n) is 10.7. The van der Waals surface area contributed by atoms with Crippen molar-refractivity contribution >= 4 is 17.1 Å². The van der Waals surface area contributed by atoms with Crippen molar-refractivity contribution in [2.75, 3.05) is 19.7 Å². The minimum atomic E-state index is -1.04. The normalized spacial score (nSPS) is 15.8. The highest BCUT2D eigenvalue weighted by atomic mass is 35.5. The molecule has 0 aromatic carbocycles. The highest BCUT2D eigenvalue weighted by molar-refractivity contribution is 6.34. The van der Waals surface area contributed by atoms with E-state index in [4.69, 9.17) is 16.3 Å². The van der Waals surface area contributed by atoms with Gasteiger partial charge in [0.2, 0.25) is 0 Å². The van der Waals surface area contributed by atoms with E-state index in [1.807, 2.05) is 23.9 Å². The van der Waals surface area contributed by atoms with Crippen LogP contribution in [-0.4, -0.2) is 54.4 Å². The number of nitrogens with one attached hydrogen (secondary N) is 1. The Morgan fingerprint density at radius 2 is 2.12 bits per heavy atom. The number of piperidine rings is 1. The van der Waals surface area contributed by atoms with Gasteiger partial charge >= 0.3 is 0 Å². The highest BCUT2D eigenvalue weighted by Gasteiger charge is 2.22. The van der Waals surface area contributed by atoms with Crippen LogP contribution in [0, 0.1) is 12.7 Å². The van der Waals surface area contributed by atoms with E-state index in [9.17, 15) is 9.50 Å². The molecule has 1 saturated heterocycles. The number of halogens is 2. The predicted octanol–water partition coefficient (Wildman–Crippen LogP) is 3.13. The van der Waals surface area contributed by atoms with Crippen molar-refractivity contribution in [3.8, 4) is 17.0 Å². The molecule has 11 heteroatoms. The van der Waals surface area contributed by atoms with Crippen molar-refractivity contribution in [2.24, 2.45) is 0 Å². The second-order valence-corrected chi connectivity index (χ2v) is 8.46. The lowest BCUT2D eigenvalue weighted by atomic mass is 10.1. The van der Waals surface area contributed by atoms with E-state index in [1.165, 1.54) is 18.3 Å². The number of fused-ring (bicyclic) bond motifs is 1. The molecule has 172 valence electrons. The van der Waals surface area contributed by atoms with Crippen molar-refractivity contribution in [1.29, 1.82) is 0 Å². The molecule has 1 unspecified atom stereocenters. The zero-order valence-electron chi connectivity index (χ0n) is 17.9. The number of pyridine rings is 2. The number of aromatic nitrogens is 6. The van der Waals surface area contributed by atoms with Crippen LogP contribution in [0.2, 0.25) is 5.02 Å². The third kappa shape index (κ3) is 4.29. The number of hydrogen-bond donors (Lipinski definition) is 2. The van der Waals surface area contributed by atoms with Gasteiger partial charge in [0, 0.05) is 11.8 Å². The lowest BCUT2D eigenvalue weighted by Gasteiger charge is -2.23. The van der Waals surface area contributed by atoms with E-state index in [1.54, 1.807) is 4.52 Å². The molecule has 9 nitrogen and oxygen atoms in total. The molecule has 33 heavy (non-hydrogen) atoms. The molecular formula is C22H23ClFN7O2. The first-order chi connectivity index (χ1) is 16.0. The van der Waals surface area contributed by atoms with Gasteiger partial charge in [0.25, 0.3) is 0 Å². The summed E-state index contributed by atoms with van der Waals surface area (Å²) in [6, 6.07) is 4.79. The van der Waals surface area contributed by atoms with E-state index < -0.39 is 11.9 Å². The average Bonchev–Trinajstić information content (AvgIpc) is 3.41. The predicted molar refractivity (Wildman–Crippen MR) is 120 cm³/mol. The van der Waals surface area contributed by atoms with E-state index in [2.05, 4.69) is 25.7 Å². The lowest BCUT2D eigenvalue weighted by Crippen LogP contribution is -2.30. The summed E-state index contributed by atoms with van der Waals surface area (Å²) in [6.07, 6.45) is 5.38. The number of ether oxygens (including phenoxy) is 1. The summed E-state index contributed by atoms with van der Waals surface area (Å²) in [4.78, 5) is 3.91. The largest absolute Gasteiger partial charge is 0.488 e. The van der Waals surface area contributed by atoms with E-state index in [-0.39, 0.29) is 6.61 Å². The van der Waals surface area contributed by atoms with Gasteiger partial charge < -0.3 is 15.2 Å². The molecule has 0 aliphatic carbocycles. The zero-order chi connectivity index (χ0) is 22.9. The average molecular weight is 472 g/mol. The molecule has 0 radical (unpaired) electrons. The number of aliphatic hydroxyl groups excluding tert-OH is 1. The Morgan fingerprint density at radius 3 is 2.88 bits per heavy atom. The first-order valence-corrected chi connectivity index (χ1v) is 11.1. The van der Waals surface area contributed by atoms with Gasteiger partial charge in [-0.1, -0.05) is 16.8 Å². The van der Waals surface area contributed by atoms with E-state index in [0.717, 1.165) is 49.1 Å². The van der Waals surface area contributed by atoms with Gasteiger partial charge in [-0.2, -0.15) is 5.10 Å². The fourth-order valence-corrected chi connectivity index (χ4v) is 4.36. The topological polar surface area (TPSA) is 102 Å². The molecule has 5 heterocycles. The minimum absolute atomic E-state index is 0.0972. The van der Waals surface area contributed by atoms with Crippen LogP contribution in [0.1, 0.15) is 36.4 Å². The minimum Gasteiger partial charge on any atom is -0.488 e. The van der Waals surface area contributed by atoms with E-state index in [0.29, 0.717) is 28.0 Å². The van der Waals surface area contributed by atoms with Crippen molar-refractivity contribution in [3.05, 3.63) is 59.0 Å². The summed E-state index contributed by atoms with van der Waals surface area (Å²) in [5, 5.41) is 27.4. The van der Waals surface area contributed by atoms with Gasteiger partial charge in [0.15, 0.2) is 0 Å². The zero-order valence-corrected chi connectivity index (χ0v) is 18.7. The molecular weight excluding hydrogens is 449 g/mol. The summed E-state index contributed by atoms with van der Waals surface area (Å²) in [5.41, 5.74) is 3.34. The van der Waals surface area contributed by atoms with Crippen LogP contribution in [0.15, 0.2) is 36.8 Å². The Labute approximate surface area is 194 Å². The third-order valence-electron chi connectivity index (χ3n) is 5.88. The number of hydrogen-bond acceptors (Lipinski definition) is 7. The third-order valence-corrected chi connectivity index (χ3v) is 6.15. The quantitative estimate of drug-likeness (QED) is 0.445. The highest BCUT2D eigenvalue weighted by Crippen LogP contribution is 2.34. The van der Waals surface area contributed by atoms with Gasteiger partial charge in [-0.3, -0.25) is 4.98 Å². The number of rotatable bonds is 6. The summed E-state index contributed by atoms with van der Waals surface area (Å²) >= 11 is 6.34. The van der Waals surface area contributed by atoms with Crippen LogP contribution in [0.25, 0.3) is 16.8 Å². The number of aliphatic hydroxyl groups is 1. The maximum atomic E-state index is 13.1. The molecule has 5 rings (SSSR count). The molecule has 1 atom stereocenters. The summed E-state index contributed by atoms with van der Waals surface area (Å²) < 4.78 is 22.7. The molecule has 0 amide bonds. The molecule has 0 bridgehead atoms. The van der Waals surface area contributed by atoms with Crippen molar-refractivity contribution in [2.45, 2.75) is 31.9 Å². The Balaban J connectivity index is 1.45. The van der Waals surface area contributed by atoms with Gasteiger partial charge in [0.05, 0.1) is 34.8 Å². The summed E-state index contributed by atoms with van der Waals surface area (Å²) in [6.45, 7) is 3.82. The van der Waals surface area contributed by atoms with Crippen LogP contribution < -0.4 is 10.1 Å². The van der Waals surface area contributed by atoms with Crippen LogP contribution in [0.5, 0.6) is 5.75 Å². The SMILES string of the molecule is Cc1c(-c2cc(OCC(O)c3ccc(F)cn3)c3c(Cl)cnn3c2)nnn1C1CCNCC1. The Hall–Kier alpha value is -3.08. The van der Waals surface area contributed by atoms with Crippen LogP contribution in [0.3, 0.4) is 0 Å². The van der Waals surface area contributed by atoms with Gasteiger partial charge in [0.1, 0.15) is 35.5 Å². The lowest BCUT2D eigenvalue weighted by molar-refractivity contribution is 0.105. The monoisotopic (exact) mass is 471 g/mol. The molecule has 4 aromatic heterocycles. The van der Waals surface area contributed by atoms with Crippen LogP contribution in [0.4, 0.5) is 4.39 Å². The fraction of sp³-hybridized carbons (Fsp3) is 0.364. The Kier molecular flexibility index (Phi) is 5.96. The summed E-state index contributed by atoms with van der Waals surface area (Å²) in [7, 11) is 0. The standard InChI is InChI=1S/C22H23ClFN7O2/c1-13-21(28-29-31(13)16-4-6-25-7-5-16)14-8-20(22-17(23)10-27-30(22)11-14)33-12-19(32)18-3-2-15(24)9-26-18/h2-3,8-11,16,19,25,32H,4-7,12H2,1H3. The second kappa shape index (κ2) is 9.05. The van der Waals surface area contributed by atoms with Crippen LogP contribution in [-0.2, 0) is 0 Å². The first kappa shape index (κ1) is 21.7. The molecule has 0 spiro atoms. The van der Waals surface area contributed by atoms with Gasteiger partial charge in [-0.25, -0.2) is 13.6 Å². The van der Waals surface area contributed by atoms with Crippen LogP contribution >= 0.6 is 11.6 Å².